The summed E-state index contributed by atoms with van der Waals surface area (Å²) >= 11 is 5.54. The van der Waals surface area contributed by atoms with Crippen LogP contribution in [0.5, 0.6) is 5.88 Å². The molecule has 0 fully saturated rings. The topological polar surface area (TPSA) is 56.3 Å². The molecule has 0 radical (unpaired) electrons. The molecule has 0 aliphatic rings. The zero-order chi connectivity index (χ0) is 13.4. The van der Waals surface area contributed by atoms with E-state index in [1.165, 1.54) is 6.92 Å². The Bertz CT molecular complexity index is 544. The van der Waals surface area contributed by atoms with Gasteiger partial charge in [-0.05, 0) is 13.0 Å². The number of aromatic nitrogens is 1. The highest BCUT2D eigenvalue weighted by Gasteiger charge is 2.33. The molecule has 0 aliphatic heterocycles. The number of pyridine rings is 1. The minimum atomic E-state index is -5.00. The van der Waals surface area contributed by atoms with Gasteiger partial charge in [0.15, 0.2) is 5.03 Å². The maximum Gasteiger partial charge on any atom is 0.574 e. The normalized spacial score (nSPS) is 12.6. The molecule has 1 aromatic heterocycles. The van der Waals surface area contributed by atoms with Gasteiger partial charge in [0.2, 0.25) is 5.88 Å². The average molecular weight is 310 g/mol. The molecule has 0 aromatic carbocycles. The summed E-state index contributed by atoms with van der Waals surface area (Å²) in [6.07, 6.45) is -5.00. The maximum atomic E-state index is 12.0. The molecule has 1 heterocycles. The summed E-state index contributed by atoms with van der Waals surface area (Å²) in [6, 6.07) is 0.836. The first kappa shape index (κ1) is 14.3. The lowest BCUT2D eigenvalue weighted by atomic mass is 10.3. The molecule has 0 atom stereocenters. The Kier molecular flexibility index (Phi) is 3.80. The van der Waals surface area contributed by atoms with Gasteiger partial charge in [0.05, 0.1) is 5.02 Å². The molecule has 4 nitrogen and oxygen atoms in total. The number of rotatable bonds is 2. The number of alkyl halides is 3. The second-order valence-electron chi connectivity index (χ2n) is 2.86. The van der Waals surface area contributed by atoms with Crippen molar-refractivity contribution >= 4 is 31.3 Å². The average Bonchev–Trinajstić information content (AvgIpc) is 2.08. The van der Waals surface area contributed by atoms with Gasteiger partial charge in [-0.3, -0.25) is 0 Å². The third-order valence-electron chi connectivity index (χ3n) is 1.60. The minimum Gasteiger partial charge on any atom is -0.387 e. The fraction of sp³-hybridized carbons (Fsp3) is 0.286. The molecule has 0 spiro atoms. The summed E-state index contributed by atoms with van der Waals surface area (Å²) in [7, 11) is 0.650. The highest BCUT2D eigenvalue weighted by atomic mass is 35.7. The Morgan fingerprint density at radius 1 is 1.41 bits per heavy atom. The van der Waals surface area contributed by atoms with E-state index in [9.17, 15) is 21.6 Å². The van der Waals surface area contributed by atoms with Crippen LogP contribution in [0.4, 0.5) is 13.2 Å². The quantitative estimate of drug-likeness (QED) is 0.788. The second kappa shape index (κ2) is 4.51. The molecular weight excluding hydrogens is 306 g/mol. The third kappa shape index (κ3) is 3.90. The zero-order valence-electron chi connectivity index (χ0n) is 8.05. The predicted octanol–water partition coefficient (Wildman–Crippen LogP) is 2.87. The lowest BCUT2D eigenvalue weighted by molar-refractivity contribution is -0.276. The summed E-state index contributed by atoms with van der Waals surface area (Å²) in [6.45, 7) is 1.20. The molecule has 0 saturated carbocycles. The van der Waals surface area contributed by atoms with Crippen molar-refractivity contribution < 1.29 is 26.3 Å². The van der Waals surface area contributed by atoms with Gasteiger partial charge < -0.3 is 4.74 Å². The Morgan fingerprint density at radius 3 is 2.35 bits per heavy atom. The molecule has 10 heteroatoms. The molecule has 0 N–H and O–H groups in total. The first-order chi connectivity index (χ1) is 7.50. The van der Waals surface area contributed by atoms with E-state index < -0.39 is 26.3 Å². The molecule has 0 saturated heterocycles. The fourth-order valence-corrected chi connectivity index (χ4v) is 1.81. The monoisotopic (exact) mass is 309 g/mol. The molecule has 96 valence electrons. The Balaban J connectivity index is 3.36. The van der Waals surface area contributed by atoms with Crippen molar-refractivity contribution in [2.24, 2.45) is 0 Å². The molecule has 1 aromatic rings. The minimum absolute atomic E-state index is 0.145. The zero-order valence-corrected chi connectivity index (χ0v) is 10.4. The predicted molar refractivity (Wildman–Crippen MR) is 53.7 cm³/mol. The van der Waals surface area contributed by atoms with Crippen LogP contribution in [0, 0.1) is 6.92 Å². The molecule has 17 heavy (non-hydrogen) atoms. The van der Waals surface area contributed by atoms with E-state index in [0.29, 0.717) is 0 Å². The van der Waals surface area contributed by atoms with Gasteiger partial charge in [0, 0.05) is 16.2 Å². The van der Waals surface area contributed by atoms with Gasteiger partial charge >= 0.3 is 6.36 Å². The van der Waals surface area contributed by atoms with Gasteiger partial charge in [-0.1, -0.05) is 11.6 Å². The van der Waals surface area contributed by atoms with Crippen LogP contribution < -0.4 is 4.74 Å². The smallest absolute Gasteiger partial charge is 0.387 e. The summed E-state index contributed by atoms with van der Waals surface area (Å²) < 4.78 is 61.4. The van der Waals surface area contributed by atoms with Crippen LogP contribution in [-0.2, 0) is 9.05 Å². The summed E-state index contributed by atoms with van der Waals surface area (Å²) in [5.74, 6) is -0.954. The standard InChI is InChI=1S/C7H4Cl2F3NO3S/c1-3-4(8)2-5(17(9,14)15)13-6(3)16-7(10,11)12/h2H,1H3. The van der Waals surface area contributed by atoms with Gasteiger partial charge in [0.1, 0.15) is 0 Å². The van der Waals surface area contributed by atoms with E-state index in [0.717, 1.165) is 6.07 Å². The van der Waals surface area contributed by atoms with Crippen LogP contribution in [0.1, 0.15) is 5.56 Å². The van der Waals surface area contributed by atoms with Crippen molar-refractivity contribution in [2.75, 3.05) is 0 Å². The van der Waals surface area contributed by atoms with Gasteiger partial charge in [-0.15, -0.1) is 13.2 Å². The molecule has 0 unspecified atom stereocenters. The van der Waals surface area contributed by atoms with Crippen molar-refractivity contribution in [3.63, 3.8) is 0 Å². The van der Waals surface area contributed by atoms with E-state index in [1.54, 1.807) is 0 Å². The highest BCUT2D eigenvalue weighted by Crippen LogP contribution is 2.31. The number of ether oxygens (including phenoxy) is 1. The number of nitrogens with zero attached hydrogens (tertiary/aromatic N) is 1. The Labute approximate surface area is 104 Å². The van der Waals surface area contributed by atoms with E-state index in [-0.39, 0.29) is 10.6 Å². The first-order valence-corrected chi connectivity index (χ1v) is 6.57. The lowest BCUT2D eigenvalue weighted by Gasteiger charge is -2.11. The van der Waals surface area contributed by atoms with E-state index in [1.807, 2.05) is 0 Å². The maximum absolute atomic E-state index is 12.0. The molecule has 0 bridgehead atoms. The first-order valence-electron chi connectivity index (χ1n) is 3.88. The van der Waals surface area contributed by atoms with Crippen molar-refractivity contribution in [3.8, 4) is 5.88 Å². The Hall–Kier alpha value is -0.730. The fourth-order valence-electron chi connectivity index (χ4n) is 0.869. The van der Waals surface area contributed by atoms with E-state index in [4.69, 9.17) is 22.3 Å². The van der Waals surface area contributed by atoms with Crippen LogP contribution in [0.25, 0.3) is 0 Å². The number of hydrogen-bond acceptors (Lipinski definition) is 4. The Morgan fingerprint density at radius 2 is 1.94 bits per heavy atom. The van der Waals surface area contributed by atoms with Crippen LogP contribution >= 0.6 is 22.3 Å². The largest absolute Gasteiger partial charge is 0.574 e. The SMILES string of the molecule is Cc1c(Cl)cc(S(=O)(=O)Cl)nc1OC(F)(F)F. The number of hydrogen-bond donors (Lipinski definition) is 0. The van der Waals surface area contributed by atoms with E-state index >= 15 is 0 Å². The van der Waals surface area contributed by atoms with Crippen LogP contribution in [0.2, 0.25) is 5.02 Å². The summed E-state index contributed by atoms with van der Waals surface area (Å²) in [5.41, 5.74) is -0.145. The lowest BCUT2D eigenvalue weighted by Crippen LogP contribution is -2.19. The summed E-state index contributed by atoms with van der Waals surface area (Å²) in [4.78, 5) is 3.14. The van der Waals surface area contributed by atoms with Crippen molar-refractivity contribution in [2.45, 2.75) is 18.3 Å². The third-order valence-corrected chi connectivity index (χ3v) is 3.18. The highest BCUT2D eigenvalue weighted by molar-refractivity contribution is 8.13. The van der Waals surface area contributed by atoms with Gasteiger partial charge in [-0.25, -0.2) is 8.42 Å². The van der Waals surface area contributed by atoms with E-state index in [2.05, 4.69) is 9.72 Å². The number of halogens is 5. The second-order valence-corrected chi connectivity index (χ2v) is 5.78. The molecule has 1 rings (SSSR count). The molecule has 0 amide bonds. The molecule has 0 aliphatic carbocycles. The van der Waals surface area contributed by atoms with Crippen molar-refractivity contribution in [3.05, 3.63) is 16.7 Å². The van der Waals surface area contributed by atoms with Gasteiger partial charge in [-0.2, -0.15) is 4.98 Å². The van der Waals surface area contributed by atoms with Gasteiger partial charge in [0.25, 0.3) is 9.05 Å². The van der Waals surface area contributed by atoms with Crippen LogP contribution in [-0.4, -0.2) is 19.8 Å². The van der Waals surface area contributed by atoms with Crippen LogP contribution in [0.15, 0.2) is 11.1 Å². The van der Waals surface area contributed by atoms with Crippen molar-refractivity contribution in [1.29, 1.82) is 0 Å². The molecular formula is C7H4Cl2F3NO3S. The van der Waals surface area contributed by atoms with Crippen LogP contribution in [0.3, 0.4) is 0 Å². The van der Waals surface area contributed by atoms with Crippen molar-refractivity contribution in [1.82, 2.24) is 4.98 Å². The summed E-state index contributed by atoms with van der Waals surface area (Å²) in [5, 5.41) is -1.06.